The first-order valence-electron chi connectivity index (χ1n) is 8.13. The molecule has 27 heavy (non-hydrogen) atoms. The number of H-pyrrole nitrogens is 1. The zero-order valence-corrected chi connectivity index (χ0v) is 14.4. The van der Waals surface area contributed by atoms with Gasteiger partial charge in [0.25, 0.3) is 11.2 Å². The molecule has 1 heterocycles. The van der Waals surface area contributed by atoms with Gasteiger partial charge in [-0.2, -0.15) is 0 Å². The number of carbonyl (C=O) groups excluding carboxylic acids is 1. The summed E-state index contributed by atoms with van der Waals surface area (Å²) in [5, 5.41) is 13.9. The van der Waals surface area contributed by atoms with Crippen LogP contribution in [0.3, 0.4) is 0 Å². The summed E-state index contributed by atoms with van der Waals surface area (Å²) >= 11 is 0. The Hall–Kier alpha value is -3.75. The van der Waals surface area contributed by atoms with Crippen molar-refractivity contribution >= 4 is 28.2 Å². The largest absolute Gasteiger partial charge is 0.328 e. The molecule has 0 aliphatic heterocycles. The van der Waals surface area contributed by atoms with Crippen LogP contribution in [0.15, 0.2) is 52.1 Å². The monoisotopic (exact) mass is 368 g/mol. The molecule has 0 saturated heterocycles. The lowest BCUT2D eigenvalue weighted by atomic mass is 10.1. The molecule has 0 saturated carbocycles. The zero-order chi connectivity index (χ0) is 19.6. The average molecular weight is 368 g/mol. The Labute approximate surface area is 152 Å². The maximum absolute atomic E-state index is 12.3. The van der Waals surface area contributed by atoms with Crippen LogP contribution in [0.2, 0.25) is 0 Å². The van der Waals surface area contributed by atoms with Crippen LogP contribution in [0.4, 0.5) is 11.4 Å². The first kappa shape index (κ1) is 18.1. The molecule has 0 radical (unpaired) electrons. The molecule has 0 atom stereocenters. The number of amides is 1. The molecular weight excluding hydrogens is 352 g/mol. The minimum Gasteiger partial charge on any atom is -0.326 e. The molecule has 9 nitrogen and oxygen atoms in total. The van der Waals surface area contributed by atoms with Gasteiger partial charge in [-0.15, -0.1) is 0 Å². The molecular formula is C18H16N4O5. The Morgan fingerprint density at radius 3 is 2.70 bits per heavy atom. The zero-order valence-electron chi connectivity index (χ0n) is 14.4. The predicted octanol–water partition coefficient (Wildman–Crippen LogP) is 1.94. The number of aryl methyl sites for hydroxylation is 2. The van der Waals surface area contributed by atoms with Crippen molar-refractivity contribution in [3.63, 3.8) is 0 Å². The number of rotatable bonds is 5. The van der Waals surface area contributed by atoms with Gasteiger partial charge >= 0.3 is 5.69 Å². The third-order valence-electron chi connectivity index (χ3n) is 4.17. The van der Waals surface area contributed by atoms with Crippen molar-refractivity contribution in [2.24, 2.45) is 0 Å². The average Bonchev–Trinajstić information content (AvgIpc) is 2.63. The van der Waals surface area contributed by atoms with E-state index in [2.05, 4.69) is 10.3 Å². The number of hydrogen-bond acceptors (Lipinski definition) is 5. The Morgan fingerprint density at radius 2 is 1.96 bits per heavy atom. The van der Waals surface area contributed by atoms with E-state index in [1.54, 1.807) is 37.3 Å². The molecule has 2 aromatic carbocycles. The molecule has 3 aromatic rings. The summed E-state index contributed by atoms with van der Waals surface area (Å²) in [6, 6.07) is 10.8. The van der Waals surface area contributed by atoms with Gasteiger partial charge in [-0.3, -0.25) is 29.3 Å². The summed E-state index contributed by atoms with van der Waals surface area (Å²) in [5.74, 6) is -0.402. The summed E-state index contributed by atoms with van der Waals surface area (Å²) in [7, 11) is 0. The minimum absolute atomic E-state index is 0.0436. The van der Waals surface area contributed by atoms with Crippen molar-refractivity contribution in [3.05, 3.63) is 79.0 Å². The fraction of sp³-hybridized carbons (Fsp3) is 0.167. The van der Waals surface area contributed by atoms with E-state index in [1.807, 2.05) is 0 Å². The summed E-state index contributed by atoms with van der Waals surface area (Å²) in [6.45, 7) is 1.77. The number of hydrogen-bond donors (Lipinski definition) is 2. The molecule has 9 heteroatoms. The highest BCUT2D eigenvalue weighted by Crippen LogP contribution is 2.22. The van der Waals surface area contributed by atoms with Crippen LogP contribution in [0.25, 0.3) is 10.9 Å². The van der Waals surface area contributed by atoms with Gasteiger partial charge in [0.2, 0.25) is 5.91 Å². The summed E-state index contributed by atoms with van der Waals surface area (Å²) < 4.78 is 1.32. The van der Waals surface area contributed by atoms with Crippen molar-refractivity contribution in [1.82, 2.24) is 9.55 Å². The molecule has 0 aliphatic carbocycles. The first-order chi connectivity index (χ1) is 12.9. The van der Waals surface area contributed by atoms with E-state index in [0.717, 1.165) is 0 Å². The van der Waals surface area contributed by atoms with Crippen LogP contribution in [-0.4, -0.2) is 20.4 Å². The Balaban J connectivity index is 1.80. The number of fused-ring (bicyclic) bond motifs is 1. The van der Waals surface area contributed by atoms with E-state index in [1.165, 1.54) is 16.7 Å². The summed E-state index contributed by atoms with van der Waals surface area (Å²) in [5.41, 5.74) is 0.249. The van der Waals surface area contributed by atoms with Gasteiger partial charge in [-0.05, 0) is 24.6 Å². The highest BCUT2D eigenvalue weighted by Gasteiger charge is 2.12. The number of carbonyl (C=O) groups is 1. The molecule has 138 valence electrons. The fourth-order valence-electron chi connectivity index (χ4n) is 2.75. The third-order valence-corrected chi connectivity index (χ3v) is 4.17. The second kappa shape index (κ2) is 7.24. The van der Waals surface area contributed by atoms with Crippen molar-refractivity contribution in [1.29, 1.82) is 0 Å². The predicted molar refractivity (Wildman–Crippen MR) is 99.9 cm³/mol. The Bertz CT molecular complexity index is 1160. The second-order valence-corrected chi connectivity index (χ2v) is 5.98. The number of anilines is 1. The van der Waals surface area contributed by atoms with Gasteiger partial charge in [0, 0.05) is 25.1 Å². The van der Waals surface area contributed by atoms with Gasteiger partial charge < -0.3 is 5.32 Å². The van der Waals surface area contributed by atoms with E-state index in [4.69, 9.17) is 0 Å². The number of benzene rings is 2. The van der Waals surface area contributed by atoms with Gasteiger partial charge in [0.15, 0.2) is 0 Å². The van der Waals surface area contributed by atoms with Gasteiger partial charge in [0.05, 0.1) is 21.5 Å². The molecule has 2 N–H and O–H groups in total. The standard InChI is InChI=1S/C18H16N4O5/c1-11-6-7-12(22(26)27)10-14(11)19-16(23)8-9-21-15-5-3-2-4-13(15)17(24)20-18(21)25/h2-7,10H,8-9H2,1H3,(H,19,23)(H,20,24,25). The minimum atomic E-state index is -0.599. The van der Waals surface area contributed by atoms with Gasteiger partial charge in [0.1, 0.15) is 0 Å². The number of nitrogens with zero attached hydrogens (tertiary/aromatic N) is 2. The van der Waals surface area contributed by atoms with Crippen molar-refractivity contribution in [3.8, 4) is 0 Å². The van der Waals surface area contributed by atoms with Gasteiger partial charge in [-0.1, -0.05) is 18.2 Å². The topological polar surface area (TPSA) is 127 Å². The number of nitro groups is 1. The highest BCUT2D eigenvalue weighted by molar-refractivity contribution is 5.92. The number of aromatic nitrogens is 2. The summed E-state index contributed by atoms with van der Waals surface area (Å²) in [4.78, 5) is 48.8. The lowest BCUT2D eigenvalue weighted by molar-refractivity contribution is -0.384. The highest BCUT2D eigenvalue weighted by atomic mass is 16.6. The Morgan fingerprint density at radius 1 is 1.22 bits per heavy atom. The van der Waals surface area contributed by atoms with E-state index >= 15 is 0 Å². The molecule has 0 spiro atoms. The number of nitro benzene ring substituents is 1. The van der Waals surface area contributed by atoms with Gasteiger partial charge in [-0.25, -0.2) is 4.79 Å². The number of aromatic amines is 1. The van der Waals surface area contributed by atoms with Crippen molar-refractivity contribution < 1.29 is 9.72 Å². The van der Waals surface area contributed by atoms with E-state index in [-0.39, 0.29) is 18.7 Å². The molecule has 3 rings (SSSR count). The van der Waals surface area contributed by atoms with Crippen LogP contribution < -0.4 is 16.6 Å². The number of non-ortho nitro benzene ring substituents is 1. The summed E-state index contributed by atoms with van der Waals surface area (Å²) in [6.07, 6.45) is -0.0436. The van der Waals surface area contributed by atoms with Crippen LogP contribution in [0.1, 0.15) is 12.0 Å². The second-order valence-electron chi connectivity index (χ2n) is 5.98. The third kappa shape index (κ3) is 3.76. The lowest BCUT2D eigenvalue weighted by Crippen LogP contribution is -2.31. The van der Waals surface area contributed by atoms with E-state index in [9.17, 15) is 24.5 Å². The maximum Gasteiger partial charge on any atom is 0.328 e. The number of nitrogens with one attached hydrogen (secondary N) is 2. The smallest absolute Gasteiger partial charge is 0.326 e. The number of para-hydroxylation sites is 1. The lowest BCUT2D eigenvalue weighted by Gasteiger charge is -2.11. The fourth-order valence-corrected chi connectivity index (χ4v) is 2.75. The van der Waals surface area contributed by atoms with Crippen LogP contribution in [0, 0.1) is 17.0 Å². The SMILES string of the molecule is Cc1ccc([N+](=O)[O-])cc1NC(=O)CCn1c(=O)[nH]c(=O)c2ccccc21. The van der Waals surface area contributed by atoms with Crippen LogP contribution in [0.5, 0.6) is 0 Å². The molecule has 1 amide bonds. The normalized spacial score (nSPS) is 10.7. The van der Waals surface area contributed by atoms with Crippen LogP contribution >= 0.6 is 0 Å². The first-order valence-corrected chi connectivity index (χ1v) is 8.13. The van der Waals surface area contributed by atoms with E-state index in [0.29, 0.717) is 22.2 Å². The quantitative estimate of drug-likeness (QED) is 0.525. The molecule has 0 aliphatic rings. The maximum atomic E-state index is 12.3. The Kier molecular flexibility index (Phi) is 4.84. The molecule has 0 unspecified atom stereocenters. The van der Waals surface area contributed by atoms with Crippen LogP contribution in [-0.2, 0) is 11.3 Å². The van der Waals surface area contributed by atoms with Crippen molar-refractivity contribution in [2.45, 2.75) is 19.9 Å². The molecule has 0 fully saturated rings. The molecule has 1 aromatic heterocycles. The molecule has 0 bridgehead atoms. The van der Waals surface area contributed by atoms with Crippen molar-refractivity contribution in [2.75, 3.05) is 5.32 Å². The van der Waals surface area contributed by atoms with E-state index < -0.39 is 22.1 Å².